The molecule has 0 bridgehead atoms. The summed E-state index contributed by atoms with van der Waals surface area (Å²) in [7, 11) is 0. The number of nitrogens with one attached hydrogen (secondary N) is 1. The van der Waals surface area contributed by atoms with Gasteiger partial charge in [-0.25, -0.2) is 4.98 Å². The van der Waals surface area contributed by atoms with Crippen molar-refractivity contribution in [2.75, 3.05) is 12.3 Å². The third-order valence-electron chi connectivity index (χ3n) is 1.61. The molecule has 5 heteroatoms. The number of nitrogens with zero attached hydrogens (tertiary/aromatic N) is 1. The van der Waals surface area contributed by atoms with Crippen LogP contribution in [0.5, 0.6) is 0 Å². The zero-order valence-corrected chi connectivity index (χ0v) is 8.64. The van der Waals surface area contributed by atoms with Crippen LogP contribution >= 0.6 is 11.6 Å². The molecule has 0 aliphatic heterocycles. The third kappa shape index (κ3) is 2.88. The Morgan fingerprint density at radius 1 is 1.64 bits per heavy atom. The largest absolute Gasteiger partial charge is 0.384 e. The van der Waals surface area contributed by atoms with E-state index in [4.69, 9.17) is 17.3 Å². The van der Waals surface area contributed by atoms with Gasteiger partial charge in [-0.05, 0) is 18.6 Å². The second-order valence-corrected chi connectivity index (χ2v) is 3.25. The normalized spacial score (nSPS) is 9.86. The van der Waals surface area contributed by atoms with E-state index in [9.17, 15) is 4.79 Å². The van der Waals surface area contributed by atoms with Gasteiger partial charge >= 0.3 is 0 Å². The zero-order chi connectivity index (χ0) is 10.6. The Hall–Kier alpha value is -1.29. The molecule has 0 aliphatic rings. The van der Waals surface area contributed by atoms with Crippen molar-refractivity contribution < 1.29 is 4.79 Å². The Morgan fingerprint density at radius 3 is 2.93 bits per heavy atom. The number of nitrogen functional groups attached to an aromatic ring is 1. The van der Waals surface area contributed by atoms with Crippen LogP contribution in [0.4, 0.5) is 5.82 Å². The minimum atomic E-state index is -0.178. The van der Waals surface area contributed by atoms with Gasteiger partial charge in [-0.15, -0.1) is 0 Å². The summed E-state index contributed by atoms with van der Waals surface area (Å²) in [5.74, 6) is 0.0713. The zero-order valence-electron chi connectivity index (χ0n) is 7.88. The smallest absolute Gasteiger partial charge is 0.251 e. The second-order valence-electron chi connectivity index (χ2n) is 2.86. The molecule has 1 heterocycles. The lowest BCUT2D eigenvalue weighted by molar-refractivity contribution is 0.0953. The van der Waals surface area contributed by atoms with Crippen LogP contribution in [0.2, 0.25) is 5.15 Å². The SMILES string of the molecule is CCCNC(=O)c1cc(N)nc(Cl)c1. The molecule has 0 atom stereocenters. The fraction of sp³-hybridized carbons (Fsp3) is 0.333. The molecular weight excluding hydrogens is 202 g/mol. The molecule has 0 saturated heterocycles. The van der Waals surface area contributed by atoms with Gasteiger partial charge in [0, 0.05) is 12.1 Å². The van der Waals surface area contributed by atoms with Crippen LogP contribution in [-0.4, -0.2) is 17.4 Å². The number of amides is 1. The molecule has 0 aromatic carbocycles. The fourth-order valence-corrected chi connectivity index (χ4v) is 1.20. The van der Waals surface area contributed by atoms with Crippen molar-refractivity contribution >= 4 is 23.3 Å². The van der Waals surface area contributed by atoms with E-state index in [1.165, 1.54) is 12.1 Å². The number of nitrogens with two attached hydrogens (primary N) is 1. The Morgan fingerprint density at radius 2 is 2.36 bits per heavy atom. The first-order chi connectivity index (χ1) is 6.63. The minimum absolute atomic E-state index is 0.178. The van der Waals surface area contributed by atoms with Crippen molar-refractivity contribution in [1.82, 2.24) is 10.3 Å². The first-order valence-electron chi connectivity index (χ1n) is 4.34. The van der Waals surface area contributed by atoms with Gasteiger partial charge in [-0.2, -0.15) is 0 Å². The highest BCUT2D eigenvalue weighted by Crippen LogP contribution is 2.11. The number of rotatable bonds is 3. The maximum absolute atomic E-state index is 11.5. The minimum Gasteiger partial charge on any atom is -0.384 e. The quantitative estimate of drug-likeness (QED) is 0.747. The van der Waals surface area contributed by atoms with Crippen LogP contribution in [0, 0.1) is 0 Å². The van der Waals surface area contributed by atoms with Gasteiger partial charge < -0.3 is 11.1 Å². The van der Waals surface area contributed by atoms with E-state index < -0.39 is 0 Å². The highest BCUT2D eigenvalue weighted by Gasteiger charge is 2.06. The summed E-state index contributed by atoms with van der Waals surface area (Å²) in [6.07, 6.45) is 0.889. The lowest BCUT2D eigenvalue weighted by atomic mass is 10.2. The van der Waals surface area contributed by atoms with Gasteiger partial charge in [-0.1, -0.05) is 18.5 Å². The van der Waals surface area contributed by atoms with Crippen molar-refractivity contribution in [2.45, 2.75) is 13.3 Å². The monoisotopic (exact) mass is 213 g/mol. The Labute approximate surface area is 87.5 Å². The average molecular weight is 214 g/mol. The number of hydrogen-bond donors (Lipinski definition) is 2. The summed E-state index contributed by atoms with van der Waals surface area (Å²) in [6, 6.07) is 2.99. The van der Waals surface area contributed by atoms with Gasteiger partial charge in [-0.3, -0.25) is 4.79 Å². The standard InChI is InChI=1S/C9H12ClN3O/c1-2-3-12-9(14)6-4-7(10)13-8(11)5-6/h4-5H,2-3H2,1H3,(H2,11,13)(H,12,14). The molecule has 76 valence electrons. The number of carbonyl (C=O) groups excluding carboxylic acids is 1. The van der Waals surface area contributed by atoms with E-state index in [1.807, 2.05) is 6.92 Å². The summed E-state index contributed by atoms with van der Waals surface area (Å²) >= 11 is 5.66. The Balaban J connectivity index is 2.79. The Bertz CT molecular complexity index is 321. The summed E-state index contributed by atoms with van der Waals surface area (Å²) in [6.45, 7) is 2.62. The average Bonchev–Trinajstić information content (AvgIpc) is 2.12. The third-order valence-corrected chi connectivity index (χ3v) is 1.81. The van der Waals surface area contributed by atoms with Crippen LogP contribution in [0.1, 0.15) is 23.7 Å². The van der Waals surface area contributed by atoms with Crippen molar-refractivity contribution in [2.24, 2.45) is 0 Å². The van der Waals surface area contributed by atoms with Gasteiger partial charge in [0.2, 0.25) is 0 Å². The summed E-state index contributed by atoms with van der Waals surface area (Å²) < 4.78 is 0. The number of aromatic nitrogens is 1. The predicted molar refractivity (Wildman–Crippen MR) is 56.3 cm³/mol. The lowest BCUT2D eigenvalue weighted by Gasteiger charge is -2.04. The summed E-state index contributed by atoms with van der Waals surface area (Å²) in [5, 5.41) is 2.95. The first kappa shape index (κ1) is 10.8. The van der Waals surface area contributed by atoms with Gasteiger partial charge in [0.25, 0.3) is 5.91 Å². The topological polar surface area (TPSA) is 68.0 Å². The highest BCUT2D eigenvalue weighted by molar-refractivity contribution is 6.29. The molecule has 14 heavy (non-hydrogen) atoms. The molecule has 0 aliphatic carbocycles. The molecule has 0 unspecified atom stereocenters. The van der Waals surface area contributed by atoms with Gasteiger partial charge in [0.05, 0.1) is 0 Å². The predicted octanol–water partition coefficient (Wildman–Crippen LogP) is 1.46. The molecule has 1 rings (SSSR count). The molecule has 0 fully saturated rings. The van der Waals surface area contributed by atoms with E-state index in [1.54, 1.807) is 0 Å². The molecule has 0 spiro atoms. The number of hydrogen-bond acceptors (Lipinski definition) is 3. The number of halogens is 1. The highest BCUT2D eigenvalue weighted by atomic mass is 35.5. The van der Waals surface area contributed by atoms with Crippen LogP contribution in [0.15, 0.2) is 12.1 Å². The van der Waals surface area contributed by atoms with Crippen molar-refractivity contribution in [1.29, 1.82) is 0 Å². The number of pyridine rings is 1. The van der Waals surface area contributed by atoms with Crippen molar-refractivity contribution in [3.05, 3.63) is 22.8 Å². The van der Waals surface area contributed by atoms with E-state index in [-0.39, 0.29) is 16.9 Å². The molecular formula is C9H12ClN3O. The molecule has 3 N–H and O–H groups in total. The summed E-state index contributed by atoms with van der Waals surface area (Å²) in [4.78, 5) is 15.2. The molecule has 1 aromatic rings. The molecule has 0 radical (unpaired) electrons. The number of anilines is 1. The summed E-state index contributed by atoms with van der Waals surface area (Å²) in [5.41, 5.74) is 5.89. The molecule has 1 aromatic heterocycles. The van der Waals surface area contributed by atoms with E-state index in [0.29, 0.717) is 12.1 Å². The van der Waals surface area contributed by atoms with Crippen LogP contribution in [-0.2, 0) is 0 Å². The molecule has 0 saturated carbocycles. The second kappa shape index (κ2) is 4.81. The maximum Gasteiger partial charge on any atom is 0.251 e. The Kier molecular flexibility index (Phi) is 3.71. The van der Waals surface area contributed by atoms with E-state index in [0.717, 1.165) is 6.42 Å². The van der Waals surface area contributed by atoms with Crippen molar-refractivity contribution in [3.8, 4) is 0 Å². The first-order valence-corrected chi connectivity index (χ1v) is 4.72. The van der Waals surface area contributed by atoms with Crippen LogP contribution in [0.25, 0.3) is 0 Å². The van der Waals surface area contributed by atoms with Crippen LogP contribution in [0.3, 0.4) is 0 Å². The molecule has 1 amide bonds. The van der Waals surface area contributed by atoms with E-state index in [2.05, 4.69) is 10.3 Å². The molecule has 4 nitrogen and oxygen atoms in total. The maximum atomic E-state index is 11.5. The fourth-order valence-electron chi connectivity index (χ4n) is 0.989. The van der Waals surface area contributed by atoms with Gasteiger partial charge in [0.15, 0.2) is 0 Å². The van der Waals surface area contributed by atoms with Crippen molar-refractivity contribution in [3.63, 3.8) is 0 Å². The number of carbonyl (C=O) groups is 1. The van der Waals surface area contributed by atoms with Gasteiger partial charge in [0.1, 0.15) is 11.0 Å². The van der Waals surface area contributed by atoms with E-state index >= 15 is 0 Å². The van der Waals surface area contributed by atoms with Crippen LogP contribution < -0.4 is 11.1 Å². The lowest BCUT2D eigenvalue weighted by Crippen LogP contribution is -2.24.